The minimum atomic E-state index is -0.398. The summed E-state index contributed by atoms with van der Waals surface area (Å²) in [6.45, 7) is 4.72. The van der Waals surface area contributed by atoms with Gasteiger partial charge in [0.25, 0.3) is 0 Å². The maximum absolute atomic E-state index is 13.0. The molecule has 0 spiro atoms. The molecule has 2 heterocycles. The van der Waals surface area contributed by atoms with Gasteiger partial charge in [0.05, 0.1) is 26.4 Å². The van der Waals surface area contributed by atoms with Crippen molar-refractivity contribution in [2.75, 3.05) is 26.4 Å². The van der Waals surface area contributed by atoms with Crippen LogP contribution in [0, 0.1) is 17.7 Å². The smallest absolute Gasteiger partial charge is 0.183 e. The van der Waals surface area contributed by atoms with E-state index in [4.69, 9.17) is 18.9 Å². The molecule has 0 aliphatic carbocycles. The predicted molar refractivity (Wildman–Crippen MR) is 87.8 cm³/mol. The molecule has 0 atom stereocenters. The zero-order chi connectivity index (χ0) is 16.8. The largest absolute Gasteiger partial charge is 0.352 e. The van der Waals surface area contributed by atoms with Gasteiger partial charge in [-0.1, -0.05) is 24.3 Å². The van der Waals surface area contributed by atoms with Crippen molar-refractivity contribution in [1.82, 2.24) is 0 Å². The number of ether oxygens (including phenoxy) is 4. The minimum absolute atomic E-state index is 0.124. The molecule has 1 aromatic carbocycles. The summed E-state index contributed by atoms with van der Waals surface area (Å²) in [6.07, 6.45) is 5.42. The Hall–Kier alpha value is -1.27. The monoisotopic (exact) mass is 336 g/mol. The number of rotatable bonds is 5. The Morgan fingerprint density at radius 1 is 0.958 bits per heavy atom. The van der Waals surface area contributed by atoms with Gasteiger partial charge < -0.3 is 18.9 Å². The highest BCUT2D eigenvalue weighted by atomic mass is 19.1. The van der Waals surface area contributed by atoms with Gasteiger partial charge in [0.15, 0.2) is 12.6 Å². The highest BCUT2D eigenvalue weighted by Gasteiger charge is 2.26. The molecule has 0 unspecified atom stereocenters. The van der Waals surface area contributed by atoms with E-state index in [1.165, 1.54) is 12.1 Å². The molecule has 0 saturated carbocycles. The summed E-state index contributed by atoms with van der Waals surface area (Å²) in [7, 11) is 0. The first-order valence-corrected chi connectivity index (χ1v) is 8.59. The molecule has 0 amide bonds. The van der Waals surface area contributed by atoms with E-state index in [9.17, 15) is 4.39 Å². The standard InChI is InChI=1S/C19H25FO4/c1-2-3-14-10-21-18(22-11-14)9-4-15-12-23-19(24-13-15)16-5-7-17(20)8-6-16/h2-3,5-8,14-15,18-19H,4,9-13H2,1H3/b3-2+. The van der Waals surface area contributed by atoms with Crippen LogP contribution >= 0.6 is 0 Å². The van der Waals surface area contributed by atoms with Gasteiger partial charge in [-0.2, -0.15) is 0 Å². The van der Waals surface area contributed by atoms with Gasteiger partial charge in [-0.05, 0) is 31.9 Å². The molecule has 0 radical (unpaired) electrons. The summed E-state index contributed by atoms with van der Waals surface area (Å²) in [4.78, 5) is 0. The summed E-state index contributed by atoms with van der Waals surface area (Å²) in [5.74, 6) is 0.447. The lowest BCUT2D eigenvalue weighted by Gasteiger charge is -2.32. The van der Waals surface area contributed by atoms with Gasteiger partial charge in [0.2, 0.25) is 0 Å². The Labute approximate surface area is 142 Å². The number of hydrogen-bond donors (Lipinski definition) is 0. The highest BCUT2D eigenvalue weighted by molar-refractivity contribution is 5.17. The van der Waals surface area contributed by atoms with Crippen LogP contribution in [0.3, 0.4) is 0 Å². The summed E-state index contributed by atoms with van der Waals surface area (Å²) >= 11 is 0. The second-order valence-electron chi connectivity index (χ2n) is 6.38. The van der Waals surface area contributed by atoms with E-state index in [0.717, 1.165) is 31.6 Å². The van der Waals surface area contributed by atoms with Crippen LogP contribution in [0.1, 0.15) is 31.6 Å². The Balaban J connectivity index is 1.36. The molecule has 4 nitrogen and oxygen atoms in total. The number of allylic oxidation sites excluding steroid dienone is 1. The van der Waals surface area contributed by atoms with E-state index in [2.05, 4.69) is 6.08 Å². The molecule has 132 valence electrons. The van der Waals surface area contributed by atoms with E-state index in [1.807, 2.05) is 13.0 Å². The van der Waals surface area contributed by atoms with Crippen molar-refractivity contribution in [2.24, 2.45) is 11.8 Å². The summed E-state index contributed by atoms with van der Waals surface area (Å²) < 4.78 is 36.0. The van der Waals surface area contributed by atoms with E-state index in [0.29, 0.717) is 25.0 Å². The average molecular weight is 336 g/mol. The topological polar surface area (TPSA) is 36.9 Å². The number of hydrogen-bond acceptors (Lipinski definition) is 4. The van der Waals surface area contributed by atoms with Crippen LogP contribution in [0.25, 0.3) is 0 Å². The van der Waals surface area contributed by atoms with Gasteiger partial charge in [-0.3, -0.25) is 0 Å². The SMILES string of the molecule is C/C=C/C1COC(CCC2COC(c3ccc(F)cc3)OC2)OC1. The molecule has 0 bridgehead atoms. The van der Waals surface area contributed by atoms with E-state index in [1.54, 1.807) is 12.1 Å². The zero-order valence-electron chi connectivity index (χ0n) is 14.0. The fraction of sp³-hybridized carbons (Fsp3) is 0.579. The maximum atomic E-state index is 13.0. The van der Waals surface area contributed by atoms with Crippen molar-refractivity contribution >= 4 is 0 Å². The first-order chi connectivity index (χ1) is 11.7. The number of halogens is 1. The second-order valence-corrected chi connectivity index (χ2v) is 6.38. The summed E-state index contributed by atoms with van der Waals surface area (Å²) in [6, 6.07) is 6.25. The average Bonchev–Trinajstić information content (AvgIpc) is 2.63. The lowest BCUT2D eigenvalue weighted by Crippen LogP contribution is -2.33. The Bertz CT molecular complexity index is 515. The van der Waals surface area contributed by atoms with Gasteiger partial charge in [-0.15, -0.1) is 0 Å². The molecule has 3 rings (SSSR count). The zero-order valence-corrected chi connectivity index (χ0v) is 14.0. The van der Waals surface area contributed by atoms with Crippen LogP contribution < -0.4 is 0 Å². The molecule has 1 aromatic rings. The number of benzene rings is 1. The summed E-state index contributed by atoms with van der Waals surface area (Å²) in [5.41, 5.74) is 0.851. The first-order valence-electron chi connectivity index (χ1n) is 8.59. The fourth-order valence-corrected chi connectivity index (χ4v) is 3.00. The van der Waals surface area contributed by atoms with Gasteiger partial charge in [0, 0.05) is 17.4 Å². The van der Waals surface area contributed by atoms with Crippen molar-refractivity contribution in [3.63, 3.8) is 0 Å². The molecular weight excluding hydrogens is 311 g/mol. The van der Waals surface area contributed by atoms with E-state index in [-0.39, 0.29) is 12.1 Å². The fourth-order valence-electron chi connectivity index (χ4n) is 3.00. The third-order valence-electron chi connectivity index (χ3n) is 4.38. The third kappa shape index (κ3) is 4.86. The highest BCUT2D eigenvalue weighted by Crippen LogP contribution is 2.28. The van der Waals surface area contributed by atoms with Crippen LogP contribution in [0.5, 0.6) is 0 Å². The van der Waals surface area contributed by atoms with Crippen LogP contribution in [-0.2, 0) is 18.9 Å². The molecular formula is C19H25FO4. The first kappa shape index (κ1) is 17.5. The summed E-state index contributed by atoms with van der Waals surface area (Å²) in [5, 5.41) is 0. The molecule has 2 fully saturated rings. The van der Waals surface area contributed by atoms with E-state index >= 15 is 0 Å². The quantitative estimate of drug-likeness (QED) is 0.766. The normalized spacial score (nSPS) is 31.4. The van der Waals surface area contributed by atoms with Crippen molar-refractivity contribution in [2.45, 2.75) is 32.3 Å². The third-order valence-corrected chi connectivity index (χ3v) is 4.38. The Morgan fingerprint density at radius 2 is 1.62 bits per heavy atom. The van der Waals surface area contributed by atoms with Crippen molar-refractivity contribution in [3.05, 3.63) is 47.8 Å². The molecule has 24 heavy (non-hydrogen) atoms. The van der Waals surface area contributed by atoms with Crippen LogP contribution in [0.4, 0.5) is 4.39 Å². The molecule has 0 N–H and O–H groups in total. The lowest BCUT2D eigenvalue weighted by atomic mass is 10.0. The maximum Gasteiger partial charge on any atom is 0.183 e. The van der Waals surface area contributed by atoms with Crippen molar-refractivity contribution < 1.29 is 23.3 Å². The molecule has 5 heteroatoms. The molecule has 0 aromatic heterocycles. The second kappa shape index (κ2) is 8.72. The van der Waals surface area contributed by atoms with Gasteiger partial charge in [0.1, 0.15) is 5.82 Å². The van der Waals surface area contributed by atoms with E-state index < -0.39 is 6.29 Å². The minimum Gasteiger partial charge on any atom is -0.352 e. The lowest BCUT2D eigenvalue weighted by molar-refractivity contribution is -0.217. The van der Waals surface area contributed by atoms with Crippen molar-refractivity contribution in [3.8, 4) is 0 Å². The van der Waals surface area contributed by atoms with Crippen LogP contribution in [0.15, 0.2) is 36.4 Å². The molecule has 2 saturated heterocycles. The van der Waals surface area contributed by atoms with Gasteiger partial charge >= 0.3 is 0 Å². The molecule has 2 aliphatic rings. The van der Waals surface area contributed by atoms with Gasteiger partial charge in [-0.25, -0.2) is 4.39 Å². The van der Waals surface area contributed by atoms with Crippen molar-refractivity contribution in [1.29, 1.82) is 0 Å². The van der Waals surface area contributed by atoms with Crippen LogP contribution in [-0.4, -0.2) is 32.7 Å². The Kier molecular flexibility index (Phi) is 6.37. The van der Waals surface area contributed by atoms with Crippen LogP contribution in [0.2, 0.25) is 0 Å². The Morgan fingerprint density at radius 3 is 2.25 bits per heavy atom. The predicted octanol–water partition coefficient (Wildman–Crippen LogP) is 3.83. The molecule has 2 aliphatic heterocycles.